The van der Waals surface area contributed by atoms with Crippen LogP contribution in [0.5, 0.6) is 17.4 Å². The molecule has 0 spiro atoms. The highest BCUT2D eigenvalue weighted by Crippen LogP contribution is 2.36. The number of sulfonamides is 1. The molecule has 0 atom stereocenters. The minimum absolute atomic E-state index is 0.0169. The summed E-state index contributed by atoms with van der Waals surface area (Å²) >= 11 is 5.95. The van der Waals surface area contributed by atoms with E-state index in [1.807, 2.05) is 4.72 Å². The molecule has 3 aromatic rings. The second kappa shape index (κ2) is 12.0. The Morgan fingerprint density at radius 1 is 1.16 bits per heavy atom. The first-order valence-corrected chi connectivity index (χ1v) is 12.2. The number of amides is 1. The van der Waals surface area contributed by atoms with E-state index in [2.05, 4.69) is 9.97 Å². The minimum atomic E-state index is -4.65. The number of rotatable bonds is 10. The van der Waals surface area contributed by atoms with E-state index < -0.39 is 32.7 Å². The van der Waals surface area contributed by atoms with Crippen molar-refractivity contribution in [3.63, 3.8) is 0 Å². The number of carbonyl (C=O) groups excluding carboxylic acids is 1. The Labute approximate surface area is 214 Å². The Bertz CT molecular complexity index is 1390. The van der Waals surface area contributed by atoms with E-state index in [1.165, 1.54) is 49.7 Å². The van der Waals surface area contributed by atoms with Crippen LogP contribution in [0.4, 0.5) is 13.2 Å². The summed E-state index contributed by atoms with van der Waals surface area (Å²) in [5.41, 5.74) is -0.820. The number of nitrogens with zero attached hydrogens (tertiary/aromatic N) is 2. The lowest BCUT2D eigenvalue weighted by Gasteiger charge is -2.13. The molecule has 0 aliphatic heterocycles. The molecule has 37 heavy (non-hydrogen) atoms. The summed E-state index contributed by atoms with van der Waals surface area (Å²) in [6.07, 6.45) is 0.537. The second-order valence-corrected chi connectivity index (χ2v) is 9.23. The van der Waals surface area contributed by atoms with E-state index >= 15 is 0 Å². The predicted octanol–water partition coefficient (Wildman–Crippen LogP) is 4.48. The van der Waals surface area contributed by atoms with Crippen molar-refractivity contribution in [3.05, 3.63) is 77.2 Å². The maximum absolute atomic E-state index is 12.9. The van der Waals surface area contributed by atoms with Gasteiger partial charge in [0, 0.05) is 43.4 Å². The lowest BCUT2D eigenvalue weighted by atomic mass is 10.1. The van der Waals surface area contributed by atoms with Gasteiger partial charge in [-0.2, -0.15) is 13.2 Å². The number of halogens is 4. The number of hydrogen-bond acceptors (Lipinski definition) is 8. The third-order valence-electron chi connectivity index (χ3n) is 4.48. The van der Waals surface area contributed by atoms with E-state index in [1.54, 1.807) is 0 Å². The molecule has 0 saturated carbocycles. The highest BCUT2D eigenvalue weighted by Gasteiger charge is 2.32. The van der Waals surface area contributed by atoms with Crippen LogP contribution >= 0.6 is 11.6 Å². The Kier molecular flexibility index (Phi) is 9.08. The molecule has 0 aliphatic rings. The number of hydrogen-bond donors (Lipinski definition) is 1. The molecule has 2 aromatic heterocycles. The average molecular weight is 558 g/mol. The molecule has 0 saturated heterocycles. The molecule has 0 bridgehead atoms. The second-order valence-electron chi connectivity index (χ2n) is 7.14. The van der Waals surface area contributed by atoms with Crippen LogP contribution in [0.2, 0.25) is 5.02 Å². The molecule has 1 N–H and O–H groups in total. The molecule has 2 heterocycles. The van der Waals surface area contributed by atoms with Gasteiger partial charge in [0.1, 0.15) is 28.0 Å². The summed E-state index contributed by atoms with van der Waals surface area (Å²) in [6.45, 7) is 0.481. The maximum Gasteiger partial charge on any atom is 0.417 e. The zero-order valence-electron chi connectivity index (χ0n) is 19.0. The highest BCUT2D eigenvalue weighted by molar-refractivity contribution is 7.90. The van der Waals surface area contributed by atoms with Crippen molar-refractivity contribution in [2.45, 2.75) is 11.1 Å². The summed E-state index contributed by atoms with van der Waals surface area (Å²) in [6, 6.07) is 7.74. The van der Waals surface area contributed by atoms with Gasteiger partial charge in [-0.05, 0) is 36.4 Å². The van der Waals surface area contributed by atoms with Crippen LogP contribution in [0.25, 0.3) is 6.08 Å². The van der Waals surface area contributed by atoms with Crippen LogP contribution in [0.15, 0.2) is 66.0 Å². The molecule has 9 nitrogen and oxygen atoms in total. The Morgan fingerprint density at radius 2 is 1.95 bits per heavy atom. The third-order valence-corrected chi connectivity index (χ3v) is 6.08. The first-order chi connectivity index (χ1) is 17.5. The van der Waals surface area contributed by atoms with Crippen molar-refractivity contribution in [2.24, 2.45) is 0 Å². The minimum Gasteiger partial charge on any atom is -0.491 e. The predicted molar refractivity (Wildman–Crippen MR) is 127 cm³/mol. The van der Waals surface area contributed by atoms with Crippen LogP contribution in [-0.2, 0) is 25.7 Å². The SMILES string of the molecule is COCCOc1ccc(C=CC(=O)NS(=O)(=O)c2cccnc2)c(Oc2ncc(C(F)(F)F)cc2Cl)c1. The first-order valence-electron chi connectivity index (χ1n) is 10.3. The largest absolute Gasteiger partial charge is 0.491 e. The van der Waals surface area contributed by atoms with Crippen molar-refractivity contribution < 1.29 is 40.6 Å². The smallest absolute Gasteiger partial charge is 0.417 e. The van der Waals surface area contributed by atoms with Gasteiger partial charge in [-0.3, -0.25) is 9.78 Å². The fourth-order valence-electron chi connectivity index (χ4n) is 2.73. The topological polar surface area (TPSA) is 117 Å². The molecular weight excluding hydrogens is 539 g/mol. The normalized spacial score (nSPS) is 11.9. The maximum atomic E-state index is 12.9. The van der Waals surface area contributed by atoms with Gasteiger partial charge < -0.3 is 14.2 Å². The van der Waals surface area contributed by atoms with Gasteiger partial charge in [-0.15, -0.1) is 0 Å². The van der Waals surface area contributed by atoms with E-state index in [9.17, 15) is 26.4 Å². The molecule has 14 heteroatoms. The average Bonchev–Trinajstić information content (AvgIpc) is 2.84. The number of carbonyl (C=O) groups is 1. The lowest BCUT2D eigenvalue weighted by molar-refractivity contribution is -0.137. The number of ether oxygens (including phenoxy) is 3. The quantitative estimate of drug-likeness (QED) is 0.286. The van der Waals surface area contributed by atoms with Gasteiger partial charge >= 0.3 is 6.18 Å². The highest BCUT2D eigenvalue weighted by atomic mass is 35.5. The molecule has 0 fully saturated rings. The van der Waals surface area contributed by atoms with Crippen molar-refractivity contribution >= 4 is 33.6 Å². The number of aromatic nitrogens is 2. The fourth-order valence-corrected chi connectivity index (χ4v) is 3.84. The van der Waals surface area contributed by atoms with Gasteiger partial charge in [-0.1, -0.05) is 11.6 Å². The van der Waals surface area contributed by atoms with E-state index in [-0.39, 0.29) is 35.3 Å². The number of pyridine rings is 2. The van der Waals surface area contributed by atoms with Crippen molar-refractivity contribution in [1.82, 2.24) is 14.7 Å². The van der Waals surface area contributed by atoms with Gasteiger partial charge in [0.25, 0.3) is 15.9 Å². The summed E-state index contributed by atoms with van der Waals surface area (Å²) in [5, 5.41) is -0.407. The van der Waals surface area contributed by atoms with Gasteiger partial charge in [0.15, 0.2) is 0 Å². The third kappa shape index (κ3) is 7.90. The van der Waals surface area contributed by atoms with Gasteiger partial charge in [0.05, 0.1) is 12.2 Å². The van der Waals surface area contributed by atoms with Crippen molar-refractivity contribution in [3.8, 4) is 17.4 Å². The van der Waals surface area contributed by atoms with E-state index in [4.69, 9.17) is 25.8 Å². The molecule has 0 radical (unpaired) electrons. The van der Waals surface area contributed by atoms with Crippen LogP contribution < -0.4 is 14.2 Å². The number of methoxy groups -OCH3 is 1. The van der Waals surface area contributed by atoms with E-state index in [0.717, 1.165) is 12.3 Å². The molecule has 0 aliphatic carbocycles. The molecule has 196 valence electrons. The summed E-state index contributed by atoms with van der Waals surface area (Å²) < 4.78 is 81.4. The number of alkyl halides is 3. The van der Waals surface area contributed by atoms with Crippen LogP contribution in [0.3, 0.4) is 0 Å². The zero-order chi connectivity index (χ0) is 27.1. The molecule has 3 rings (SSSR count). The molecule has 0 unspecified atom stereocenters. The fraction of sp³-hybridized carbons (Fsp3) is 0.174. The number of benzene rings is 1. The molecular formula is C23H19ClF3N3O6S. The first kappa shape index (κ1) is 27.9. The van der Waals surface area contributed by atoms with Crippen molar-refractivity contribution in [2.75, 3.05) is 20.3 Å². The zero-order valence-corrected chi connectivity index (χ0v) is 20.6. The summed E-state index contributed by atoms with van der Waals surface area (Å²) in [7, 11) is -2.67. The monoisotopic (exact) mass is 557 g/mol. The number of nitrogens with one attached hydrogen (secondary N) is 1. The van der Waals surface area contributed by atoms with Crippen LogP contribution in [0, 0.1) is 0 Å². The van der Waals surface area contributed by atoms with Gasteiger partial charge in [0.2, 0.25) is 5.88 Å². The lowest BCUT2D eigenvalue weighted by Crippen LogP contribution is -2.29. The van der Waals surface area contributed by atoms with E-state index in [0.29, 0.717) is 18.0 Å². The summed E-state index contributed by atoms with van der Waals surface area (Å²) in [5.74, 6) is -0.970. The standard InChI is InChI=1S/C23H19ClF3N3O6S/c1-34-9-10-35-17-6-4-15(5-7-21(31)30-37(32,33)18-3-2-8-28-14-18)20(12-17)36-22-19(24)11-16(13-29-22)23(25,26)27/h2-8,11-14H,9-10H2,1H3,(H,30,31). The Hall–Kier alpha value is -3.68. The van der Waals surface area contributed by atoms with Gasteiger partial charge in [-0.25, -0.2) is 18.1 Å². The van der Waals surface area contributed by atoms with Crippen molar-refractivity contribution in [1.29, 1.82) is 0 Å². The molecule has 1 aromatic carbocycles. The Balaban J connectivity index is 1.86. The van der Waals surface area contributed by atoms with Crippen LogP contribution in [-0.4, -0.2) is 44.6 Å². The molecule has 1 amide bonds. The summed E-state index contributed by atoms with van der Waals surface area (Å²) in [4.78, 5) is 19.4. The Morgan fingerprint density at radius 3 is 2.59 bits per heavy atom. The van der Waals surface area contributed by atoms with Crippen LogP contribution in [0.1, 0.15) is 11.1 Å².